The van der Waals surface area contributed by atoms with E-state index in [1.165, 1.54) is 38.3 Å². The molecule has 0 spiro atoms. The predicted molar refractivity (Wildman–Crippen MR) is 155 cm³/mol. The number of nitrogens with two attached hydrogens (primary N) is 1. The first-order chi connectivity index (χ1) is 20.6. The van der Waals surface area contributed by atoms with E-state index in [2.05, 4.69) is 31.2 Å². The number of pyridine rings is 2. The van der Waals surface area contributed by atoms with Gasteiger partial charge in [0.15, 0.2) is 0 Å². The lowest BCUT2D eigenvalue weighted by atomic mass is 9.81. The molecule has 0 saturated carbocycles. The quantitative estimate of drug-likeness (QED) is 0.239. The van der Waals surface area contributed by atoms with Crippen LogP contribution in [0.25, 0.3) is 22.2 Å². The van der Waals surface area contributed by atoms with Crippen molar-refractivity contribution in [3.05, 3.63) is 81.3 Å². The minimum atomic E-state index is -5.36. The fraction of sp³-hybridized carbons (Fsp3) is 0.267. The van der Waals surface area contributed by atoms with Crippen LogP contribution in [0, 0.1) is 12.7 Å². The Hall–Kier alpha value is -4.30. The van der Waals surface area contributed by atoms with Gasteiger partial charge in [-0.2, -0.15) is 13.2 Å². The smallest absolute Gasteiger partial charge is 0.424 e. The number of primary amides is 1. The first-order valence-electron chi connectivity index (χ1n) is 13.1. The van der Waals surface area contributed by atoms with Gasteiger partial charge in [0.1, 0.15) is 40.5 Å². The van der Waals surface area contributed by atoms with Gasteiger partial charge in [0, 0.05) is 26.5 Å². The largest absolute Gasteiger partial charge is 0.494 e. The number of aryl methyl sites for hydroxylation is 1. The van der Waals surface area contributed by atoms with Crippen molar-refractivity contribution in [1.82, 2.24) is 15.3 Å². The number of hydrogen-bond acceptors (Lipinski definition) is 7. The van der Waals surface area contributed by atoms with Crippen LogP contribution in [-0.4, -0.2) is 53.3 Å². The standard InChI is InChI=1S/C30H25BrF4N4O5/c1-14-20(31)9-16-8-17(10-21(43-3)23(16)38-14)26(40)37-12-29(42,30(33,34)35)22-11-19-25(44-13-28(19,2)27(36)41)24(39-22)15-4-6-18(32)7-5-15/h4-11,42H,12-13H2,1-3H3,(H2,36,41)(H,37,40)/t28-,29-/m0/s1. The van der Waals surface area contributed by atoms with E-state index in [0.29, 0.717) is 21.1 Å². The Bertz CT molecular complexity index is 1820. The van der Waals surface area contributed by atoms with Crippen molar-refractivity contribution in [2.45, 2.75) is 31.0 Å². The van der Waals surface area contributed by atoms with Crippen LogP contribution in [0.5, 0.6) is 11.5 Å². The summed E-state index contributed by atoms with van der Waals surface area (Å²) in [6, 6.07) is 10.00. The van der Waals surface area contributed by atoms with Gasteiger partial charge in [-0.25, -0.2) is 14.4 Å². The number of aliphatic hydroxyl groups is 1. The lowest BCUT2D eigenvalue weighted by Crippen LogP contribution is -2.51. The highest BCUT2D eigenvalue weighted by molar-refractivity contribution is 9.10. The second kappa shape index (κ2) is 11.0. The summed E-state index contributed by atoms with van der Waals surface area (Å²) in [6.45, 7) is 1.49. The Labute approximate surface area is 256 Å². The van der Waals surface area contributed by atoms with E-state index in [0.717, 1.165) is 18.2 Å². The van der Waals surface area contributed by atoms with E-state index < -0.39 is 47.1 Å². The molecular weight excluding hydrogens is 652 g/mol. The van der Waals surface area contributed by atoms with Gasteiger partial charge in [-0.3, -0.25) is 9.59 Å². The van der Waals surface area contributed by atoms with Gasteiger partial charge in [-0.05, 0) is 78.3 Å². The molecule has 0 aliphatic carbocycles. The average Bonchev–Trinajstić information content (AvgIpc) is 3.33. The third-order valence-electron chi connectivity index (χ3n) is 7.63. The number of carbonyl (C=O) groups is 2. The molecule has 0 radical (unpaired) electrons. The SMILES string of the molecule is COc1cc(C(=O)NC[C@](O)(c2cc3c(c(-c4ccc(F)cc4)n2)OC[C@]3(C)C(N)=O)C(F)(F)F)cc2cc(Br)c(C)nc12. The van der Waals surface area contributed by atoms with Crippen LogP contribution in [0.3, 0.4) is 0 Å². The lowest BCUT2D eigenvalue weighted by molar-refractivity contribution is -0.265. The molecule has 14 heteroatoms. The second-order valence-corrected chi connectivity index (χ2v) is 11.4. The number of hydrogen-bond donors (Lipinski definition) is 3. The predicted octanol–water partition coefficient (Wildman–Crippen LogP) is 4.83. The van der Waals surface area contributed by atoms with Crippen molar-refractivity contribution in [2.24, 2.45) is 5.73 Å². The summed E-state index contributed by atoms with van der Waals surface area (Å²) >= 11 is 3.37. The van der Waals surface area contributed by atoms with E-state index in [1.807, 2.05) is 0 Å². The summed E-state index contributed by atoms with van der Waals surface area (Å²) in [7, 11) is 1.36. The van der Waals surface area contributed by atoms with Gasteiger partial charge >= 0.3 is 6.18 Å². The summed E-state index contributed by atoms with van der Waals surface area (Å²) in [4.78, 5) is 34.1. The third kappa shape index (κ3) is 5.21. The number of benzene rings is 2. The number of rotatable bonds is 7. The highest BCUT2D eigenvalue weighted by Crippen LogP contribution is 2.47. The maximum Gasteiger partial charge on any atom is 0.424 e. The zero-order valence-corrected chi connectivity index (χ0v) is 25.1. The molecule has 0 unspecified atom stereocenters. The zero-order valence-electron chi connectivity index (χ0n) is 23.5. The fourth-order valence-electron chi connectivity index (χ4n) is 4.86. The summed E-state index contributed by atoms with van der Waals surface area (Å²) in [5.74, 6) is -2.26. The van der Waals surface area contributed by atoms with Crippen LogP contribution in [0.4, 0.5) is 17.6 Å². The number of nitrogens with one attached hydrogen (secondary N) is 1. The fourth-order valence-corrected chi connectivity index (χ4v) is 5.19. The topological polar surface area (TPSA) is 137 Å². The Balaban J connectivity index is 1.59. The molecule has 0 fully saturated rings. The van der Waals surface area contributed by atoms with Crippen LogP contribution in [0.15, 0.2) is 53.0 Å². The van der Waals surface area contributed by atoms with Crippen molar-refractivity contribution < 1.29 is 41.7 Å². The minimum Gasteiger partial charge on any atom is -0.494 e. The molecule has 9 nitrogen and oxygen atoms in total. The van der Waals surface area contributed by atoms with Gasteiger partial charge in [0.2, 0.25) is 11.5 Å². The summed E-state index contributed by atoms with van der Waals surface area (Å²) in [6.07, 6.45) is -5.36. The van der Waals surface area contributed by atoms with Crippen LogP contribution in [-0.2, 0) is 15.8 Å². The minimum absolute atomic E-state index is 0.0338. The third-order valence-corrected chi connectivity index (χ3v) is 8.43. The summed E-state index contributed by atoms with van der Waals surface area (Å²) in [5, 5.41) is 13.9. The number of ether oxygens (including phenoxy) is 2. The zero-order chi connectivity index (χ0) is 32.2. The van der Waals surface area contributed by atoms with Crippen molar-refractivity contribution in [2.75, 3.05) is 20.3 Å². The highest BCUT2D eigenvalue weighted by atomic mass is 79.9. The van der Waals surface area contributed by atoms with Gasteiger partial charge < -0.3 is 25.6 Å². The Kier molecular flexibility index (Phi) is 7.79. The van der Waals surface area contributed by atoms with Crippen LogP contribution >= 0.6 is 15.9 Å². The van der Waals surface area contributed by atoms with E-state index in [4.69, 9.17) is 15.2 Å². The molecule has 2 amide bonds. The molecule has 0 saturated heterocycles. The van der Waals surface area contributed by atoms with E-state index >= 15 is 0 Å². The van der Waals surface area contributed by atoms with E-state index in [9.17, 15) is 32.3 Å². The molecule has 0 bridgehead atoms. The first kappa shape index (κ1) is 31.1. The molecule has 2 atom stereocenters. The maximum absolute atomic E-state index is 14.7. The number of aromatic nitrogens is 2. The number of fused-ring (bicyclic) bond motifs is 2. The number of carbonyl (C=O) groups excluding carboxylic acids is 2. The van der Waals surface area contributed by atoms with Crippen LogP contribution < -0.4 is 20.5 Å². The number of methoxy groups -OCH3 is 1. The van der Waals surface area contributed by atoms with Crippen molar-refractivity contribution in [3.63, 3.8) is 0 Å². The Morgan fingerprint density at radius 2 is 1.84 bits per heavy atom. The van der Waals surface area contributed by atoms with Crippen LogP contribution in [0.1, 0.15) is 34.2 Å². The molecule has 4 aromatic rings. The van der Waals surface area contributed by atoms with Crippen molar-refractivity contribution >= 4 is 38.6 Å². The van der Waals surface area contributed by atoms with E-state index in [1.54, 1.807) is 13.0 Å². The molecule has 1 aliphatic heterocycles. The molecular formula is C30H25BrF4N4O5. The molecule has 3 heterocycles. The number of alkyl halides is 3. The summed E-state index contributed by atoms with van der Waals surface area (Å²) in [5.41, 5.74) is 0.329. The molecule has 2 aromatic heterocycles. The normalized spacial score (nSPS) is 17.5. The van der Waals surface area contributed by atoms with Crippen molar-refractivity contribution in [1.29, 1.82) is 0 Å². The maximum atomic E-state index is 14.7. The highest BCUT2D eigenvalue weighted by Gasteiger charge is 2.57. The lowest BCUT2D eigenvalue weighted by Gasteiger charge is -2.31. The number of amides is 2. The summed E-state index contributed by atoms with van der Waals surface area (Å²) < 4.78 is 69.4. The van der Waals surface area contributed by atoms with E-state index in [-0.39, 0.29) is 40.5 Å². The van der Waals surface area contributed by atoms with Crippen molar-refractivity contribution in [3.8, 4) is 22.8 Å². The average molecular weight is 677 g/mol. The van der Waals surface area contributed by atoms with Gasteiger partial charge in [-0.1, -0.05) is 0 Å². The van der Waals surface area contributed by atoms with Crippen LogP contribution in [0.2, 0.25) is 0 Å². The monoisotopic (exact) mass is 676 g/mol. The number of nitrogens with zero attached hydrogens (tertiary/aromatic N) is 2. The van der Waals surface area contributed by atoms with Gasteiger partial charge in [0.25, 0.3) is 5.91 Å². The molecule has 230 valence electrons. The first-order valence-corrected chi connectivity index (χ1v) is 13.8. The Morgan fingerprint density at radius 3 is 2.45 bits per heavy atom. The van der Waals surface area contributed by atoms with Gasteiger partial charge in [-0.15, -0.1) is 0 Å². The molecule has 44 heavy (non-hydrogen) atoms. The second-order valence-electron chi connectivity index (χ2n) is 10.6. The number of halogens is 5. The van der Waals surface area contributed by atoms with Gasteiger partial charge in [0.05, 0.1) is 25.0 Å². The Morgan fingerprint density at radius 1 is 1.16 bits per heavy atom. The molecule has 4 N–H and O–H groups in total. The molecule has 5 rings (SSSR count). The molecule has 2 aromatic carbocycles. The molecule has 1 aliphatic rings.